The van der Waals surface area contributed by atoms with Crippen LogP contribution in [0.3, 0.4) is 0 Å². The maximum Gasteiger partial charge on any atom is 0.511 e. The first-order chi connectivity index (χ1) is 11.7. The van der Waals surface area contributed by atoms with E-state index in [0.29, 0.717) is 11.1 Å². The second kappa shape index (κ2) is 7.37. The van der Waals surface area contributed by atoms with Crippen LogP contribution in [0.25, 0.3) is 11.1 Å². The van der Waals surface area contributed by atoms with E-state index in [1.165, 1.54) is 12.3 Å². The summed E-state index contributed by atoms with van der Waals surface area (Å²) in [6.45, 7) is 2.34. The van der Waals surface area contributed by atoms with Crippen molar-refractivity contribution in [1.29, 1.82) is 0 Å². The molecule has 1 aliphatic rings. The number of carbonyl (C=O) groups is 2. The predicted molar refractivity (Wildman–Crippen MR) is 78.2 cm³/mol. The molecule has 0 spiro atoms. The number of rotatable bonds is 5. The Bertz CT molecular complexity index is 671. The van der Waals surface area contributed by atoms with Crippen molar-refractivity contribution in [2.24, 2.45) is 0 Å². The van der Waals surface area contributed by atoms with E-state index in [2.05, 4.69) is 4.98 Å². The van der Waals surface area contributed by atoms with Gasteiger partial charge in [-0.2, -0.15) is 0 Å². The molecule has 130 valence electrons. The van der Waals surface area contributed by atoms with Crippen molar-refractivity contribution in [2.45, 2.75) is 25.7 Å². The van der Waals surface area contributed by atoms with E-state index >= 15 is 0 Å². The molecule has 2 aromatic heterocycles. The summed E-state index contributed by atoms with van der Waals surface area (Å²) >= 11 is 0. The zero-order valence-electron chi connectivity index (χ0n) is 13.0. The summed E-state index contributed by atoms with van der Waals surface area (Å²) in [6, 6.07) is 3.20. The zero-order valence-corrected chi connectivity index (χ0v) is 13.0. The Morgan fingerprint density at radius 2 is 2.12 bits per heavy atom. The van der Waals surface area contributed by atoms with Crippen molar-refractivity contribution >= 4 is 23.2 Å². The van der Waals surface area contributed by atoms with Gasteiger partial charge in [-0.1, -0.05) is 6.92 Å². The monoisotopic (exact) mass is 339 g/mol. The molecule has 0 amide bonds. The van der Waals surface area contributed by atoms with Crippen LogP contribution in [0.1, 0.15) is 23.8 Å². The molecule has 0 saturated carbocycles. The molecule has 0 aliphatic carbocycles. The second-order valence-corrected chi connectivity index (χ2v) is 5.09. The fourth-order valence-electron chi connectivity index (χ4n) is 2.14. The molecule has 1 aliphatic heterocycles. The molecule has 0 bridgehead atoms. The van der Waals surface area contributed by atoms with Gasteiger partial charge in [0.05, 0.1) is 25.0 Å². The number of aromatic amines is 1. The SMILES string of the molecule is CCC(OC(=O)OC1COCOC1)OC(=O)c1cc2occc2[nH]1. The Morgan fingerprint density at radius 1 is 1.33 bits per heavy atom. The summed E-state index contributed by atoms with van der Waals surface area (Å²) in [4.78, 5) is 26.7. The quantitative estimate of drug-likeness (QED) is 0.652. The van der Waals surface area contributed by atoms with Crippen molar-refractivity contribution in [3.63, 3.8) is 0 Å². The van der Waals surface area contributed by atoms with Gasteiger partial charge in [0.1, 0.15) is 12.5 Å². The van der Waals surface area contributed by atoms with E-state index in [1.54, 1.807) is 13.0 Å². The molecule has 1 atom stereocenters. The van der Waals surface area contributed by atoms with Gasteiger partial charge < -0.3 is 33.1 Å². The highest BCUT2D eigenvalue weighted by atomic mass is 16.8. The summed E-state index contributed by atoms with van der Waals surface area (Å²) in [5.74, 6) is -0.662. The van der Waals surface area contributed by atoms with Gasteiger partial charge in [-0.3, -0.25) is 0 Å². The van der Waals surface area contributed by atoms with E-state index in [-0.39, 0.29) is 32.1 Å². The van der Waals surface area contributed by atoms with Crippen molar-refractivity contribution in [3.05, 3.63) is 24.1 Å². The first kappa shape index (κ1) is 16.3. The standard InChI is InChI=1S/C15H17NO8/c1-2-13(24-15(18)22-9-6-19-8-20-7-9)23-14(17)11-5-12-10(16-11)3-4-21-12/h3-5,9,13,16H,2,6-8H2,1H3. The van der Waals surface area contributed by atoms with Crippen molar-refractivity contribution in [3.8, 4) is 0 Å². The maximum absolute atomic E-state index is 12.1. The number of aromatic nitrogens is 1. The Kier molecular flexibility index (Phi) is 5.02. The highest BCUT2D eigenvalue weighted by molar-refractivity contribution is 5.93. The van der Waals surface area contributed by atoms with E-state index in [1.807, 2.05) is 0 Å². The molecule has 0 radical (unpaired) electrons. The van der Waals surface area contributed by atoms with Crippen molar-refractivity contribution in [2.75, 3.05) is 20.0 Å². The molecule has 3 rings (SSSR count). The average Bonchev–Trinajstić information content (AvgIpc) is 3.16. The Labute approximate surface area is 136 Å². The molecule has 9 heteroatoms. The van der Waals surface area contributed by atoms with Crippen LogP contribution in [-0.4, -0.2) is 49.5 Å². The summed E-state index contributed by atoms with van der Waals surface area (Å²) in [5.41, 5.74) is 1.41. The van der Waals surface area contributed by atoms with Crippen molar-refractivity contribution in [1.82, 2.24) is 4.98 Å². The van der Waals surface area contributed by atoms with Crippen LogP contribution in [0.2, 0.25) is 0 Å². The van der Waals surface area contributed by atoms with E-state index < -0.39 is 24.5 Å². The molecule has 0 aromatic carbocycles. The fraction of sp³-hybridized carbons (Fsp3) is 0.467. The molecule has 1 fully saturated rings. The Hall–Kier alpha value is -2.52. The minimum atomic E-state index is -1.06. The molecule has 3 heterocycles. The molecule has 1 saturated heterocycles. The Balaban J connectivity index is 1.52. The van der Waals surface area contributed by atoms with Gasteiger partial charge in [-0.15, -0.1) is 0 Å². The average molecular weight is 339 g/mol. The van der Waals surface area contributed by atoms with Crippen LogP contribution in [-0.2, 0) is 23.7 Å². The number of hydrogen-bond acceptors (Lipinski definition) is 8. The highest BCUT2D eigenvalue weighted by Gasteiger charge is 2.24. The summed E-state index contributed by atoms with van der Waals surface area (Å²) < 4.78 is 30.3. The lowest BCUT2D eigenvalue weighted by Crippen LogP contribution is -2.35. The first-order valence-corrected chi connectivity index (χ1v) is 7.45. The number of hydrogen-bond donors (Lipinski definition) is 1. The summed E-state index contributed by atoms with van der Waals surface area (Å²) in [7, 11) is 0. The van der Waals surface area contributed by atoms with Crippen molar-refractivity contribution < 1.29 is 37.7 Å². The summed E-state index contributed by atoms with van der Waals surface area (Å²) in [6.07, 6.45) is -0.785. The van der Waals surface area contributed by atoms with Gasteiger partial charge in [0.25, 0.3) is 6.29 Å². The molecular formula is C15H17NO8. The van der Waals surface area contributed by atoms with Crippen LogP contribution in [0.4, 0.5) is 4.79 Å². The first-order valence-electron chi connectivity index (χ1n) is 7.45. The topological polar surface area (TPSA) is 109 Å². The van der Waals surface area contributed by atoms with E-state index in [9.17, 15) is 9.59 Å². The lowest BCUT2D eigenvalue weighted by Gasteiger charge is -2.23. The number of ether oxygens (including phenoxy) is 5. The third kappa shape index (κ3) is 3.87. The van der Waals surface area contributed by atoms with Gasteiger partial charge in [-0.25, -0.2) is 9.59 Å². The van der Waals surface area contributed by atoms with Gasteiger partial charge in [0.2, 0.25) is 0 Å². The normalized spacial score (nSPS) is 16.7. The van der Waals surface area contributed by atoms with E-state index in [0.717, 1.165) is 0 Å². The van der Waals surface area contributed by atoms with Crippen LogP contribution >= 0.6 is 0 Å². The minimum absolute atomic E-state index is 0.170. The highest BCUT2D eigenvalue weighted by Crippen LogP contribution is 2.17. The maximum atomic E-state index is 12.1. The molecule has 9 nitrogen and oxygen atoms in total. The number of esters is 1. The van der Waals surface area contributed by atoms with Gasteiger partial charge in [0, 0.05) is 18.6 Å². The third-order valence-electron chi connectivity index (χ3n) is 3.30. The third-order valence-corrected chi connectivity index (χ3v) is 3.30. The molecular weight excluding hydrogens is 322 g/mol. The smallest absolute Gasteiger partial charge is 0.463 e. The Morgan fingerprint density at radius 3 is 2.83 bits per heavy atom. The number of furan rings is 1. The molecule has 1 N–H and O–H groups in total. The van der Waals surface area contributed by atoms with Gasteiger partial charge in [0.15, 0.2) is 11.7 Å². The van der Waals surface area contributed by atoms with Gasteiger partial charge >= 0.3 is 12.1 Å². The van der Waals surface area contributed by atoms with Crippen LogP contribution in [0.5, 0.6) is 0 Å². The van der Waals surface area contributed by atoms with Crippen LogP contribution < -0.4 is 0 Å². The second-order valence-electron chi connectivity index (χ2n) is 5.09. The van der Waals surface area contributed by atoms with Crippen LogP contribution in [0.15, 0.2) is 22.8 Å². The van der Waals surface area contributed by atoms with E-state index in [4.69, 9.17) is 28.1 Å². The number of H-pyrrole nitrogens is 1. The molecule has 1 unspecified atom stereocenters. The lowest BCUT2D eigenvalue weighted by atomic mass is 10.4. The van der Waals surface area contributed by atoms with Crippen LogP contribution in [0, 0.1) is 0 Å². The number of carbonyl (C=O) groups excluding carboxylic acids is 2. The lowest BCUT2D eigenvalue weighted by molar-refractivity contribution is -0.167. The fourth-order valence-corrected chi connectivity index (χ4v) is 2.14. The van der Waals surface area contributed by atoms with Gasteiger partial charge in [-0.05, 0) is 0 Å². The predicted octanol–water partition coefficient (Wildman–Crippen LogP) is 2.18. The largest absolute Gasteiger partial charge is 0.511 e. The number of fused-ring (bicyclic) bond motifs is 1. The molecule has 24 heavy (non-hydrogen) atoms. The molecule has 2 aromatic rings. The number of nitrogens with one attached hydrogen (secondary N) is 1. The zero-order chi connectivity index (χ0) is 16.9. The summed E-state index contributed by atoms with van der Waals surface area (Å²) in [5, 5.41) is 0. The minimum Gasteiger partial charge on any atom is -0.463 e.